The van der Waals surface area contributed by atoms with E-state index in [0.29, 0.717) is 12.3 Å². The van der Waals surface area contributed by atoms with Crippen LogP contribution < -0.4 is 21.3 Å². The zero-order valence-electron chi connectivity index (χ0n) is 17.9. The maximum absolute atomic E-state index is 13.9. The topological polar surface area (TPSA) is 107 Å². The number of nitrogens with two attached hydrogens (primary N) is 1. The van der Waals surface area contributed by atoms with Crippen molar-refractivity contribution in [3.63, 3.8) is 0 Å². The van der Waals surface area contributed by atoms with E-state index in [9.17, 15) is 14.4 Å². The number of carbonyl (C=O) groups is 1. The van der Waals surface area contributed by atoms with E-state index in [4.69, 9.17) is 10.5 Å². The van der Waals surface area contributed by atoms with Gasteiger partial charge in [-0.05, 0) is 48.2 Å². The van der Waals surface area contributed by atoms with Gasteiger partial charge >= 0.3 is 0 Å². The van der Waals surface area contributed by atoms with Crippen molar-refractivity contribution in [3.05, 3.63) is 66.1 Å². The first-order valence-corrected chi connectivity index (χ1v) is 11.0. The van der Waals surface area contributed by atoms with E-state index in [-0.39, 0.29) is 23.6 Å². The molecule has 0 spiro atoms. The number of nitriles is 1. The van der Waals surface area contributed by atoms with Gasteiger partial charge in [0, 0.05) is 31.2 Å². The largest absolute Gasteiger partial charge is 0.454 e. The van der Waals surface area contributed by atoms with Gasteiger partial charge in [0.05, 0.1) is 6.17 Å². The molecule has 0 radical (unpaired) electrons. The number of nitrogens with one attached hydrogen (secondary N) is 2. The highest BCUT2D eigenvalue weighted by Crippen LogP contribution is 2.41. The molecule has 5 rings (SSSR count). The molecule has 8 nitrogen and oxygen atoms in total. The summed E-state index contributed by atoms with van der Waals surface area (Å²) >= 11 is 0. The zero-order chi connectivity index (χ0) is 22.9. The molecular formula is C24H25FN6O2. The van der Waals surface area contributed by atoms with Gasteiger partial charge < -0.3 is 20.3 Å². The van der Waals surface area contributed by atoms with Crippen LogP contribution in [0.4, 0.5) is 4.39 Å². The van der Waals surface area contributed by atoms with Crippen LogP contribution in [0.3, 0.4) is 0 Å². The van der Waals surface area contributed by atoms with Crippen molar-refractivity contribution >= 4 is 11.5 Å². The second-order valence-electron chi connectivity index (χ2n) is 8.56. The van der Waals surface area contributed by atoms with E-state index in [2.05, 4.69) is 21.9 Å². The van der Waals surface area contributed by atoms with Crippen LogP contribution in [0, 0.1) is 23.2 Å². The summed E-state index contributed by atoms with van der Waals surface area (Å²) in [5.74, 6) is -0.151. The molecule has 3 aliphatic heterocycles. The molecule has 4 unspecified atom stereocenters. The van der Waals surface area contributed by atoms with Gasteiger partial charge in [-0.25, -0.2) is 9.82 Å². The van der Waals surface area contributed by atoms with Gasteiger partial charge in [0.25, 0.3) is 5.91 Å². The lowest BCUT2D eigenvalue weighted by molar-refractivity contribution is -0.131. The third kappa shape index (κ3) is 3.99. The smallest absolute Gasteiger partial charge is 0.257 e. The minimum atomic E-state index is -0.464. The van der Waals surface area contributed by atoms with Crippen molar-refractivity contribution in [2.45, 2.75) is 31.1 Å². The van der Waals surface area contributed by atoms with Crippen molar-refractivity contribution in [1.29, 1.82) is 5.26 Å². The van der Waals surface area contributed by atoms with E-state index >= 15 is 0 Å². The lowest BCUT2D eigenvalue weighted by Crippen LogP contribution is -2.67. The molecule has 33 heavy (non-hydrogen) atoms. The molecule has 2 saturated heterocycles. The molecule has 2 aromatic rings. The average Bonchev–Trinajstić information content (AvgIpc) is 3.25. The van der Waals surface area contributed by atoms with Gasteiger partial charge in [-0.15, -0.1) is 0 Å². The summed E-state index contributed by atoms with van der Waals surface area (Å²) in [4.78, 5) is 16.7. The molecule has 170 valence electrons. The van der Waals surface area contributed by atoms with Gasteiger partial charge in [0.1, 0.15) is 11.8 Å². The van der Waals surface area contributed by atoms with Gasteiger partial charge in [0.2, 0.25) is 0 Å². The van der Waals surface area contributed by atoms with Gasteiger partial charge in [-0.3, -0.25) is 10.2 Å². The van der Waals surface area contributed by atoms with Gasteiger partial charge in [-0.2, -0.15) is 5.26 Å². The molecule has 2 aromatic carbocycles. The van der Waals surface area contributed by atoms with Crippen LogP contribution in [0.15, 0.2) is 54.7 Å². The van der Waals surface area contributed by atoms with E-state index in [1.807, 2.05) is 18.3 Å². The van der Waals surface area contributed by atoms with Crippen LogP contribution in [0.25, 0.3) is 5.57 Å². The van der Waals surface area contributed by atoms with E-state index in [1.54, 1.807) is 35.2 Å². The Morgan fingerprint density at radius 3 is 2.73 bits per heavy atom. The number of hydrogen-bond donors (Lipinski definition) is 3. The van der Waals surface area contributed by atoms with Crippen LogP contribution in [-0.4, -0.2) is 47.0 Å². The van der Waals surface area contributed by atoms with Gasteiger partial charge in [-0.1, -0.05) is 24.3 Å². The summed E-state index contributed by atoms with van der Waals surface area (Å²) in [5.41, 5.74) is 13.8. The summed E-state index contributed by atoms with van der Waals surface area (Å²) in [6, 6.07) is 13.2. The number of amides is 1. The number of benzene rings is 2. The Morgan fingerprint density at radius 2 is 1.97 bits per heavy atom. The monoisotopic (exact) mass is 448 g/mol. The number of likely N-dealkylation sites (tertiary alicyclic amines) is 1. The van der Waals surface area contributed by atoms with E-state index < -0.39 is 18.0 Å². The molecule has 0 aliphatic carbocycles. The number of hydrazine groups is 1. The van der Waals surface area contributed by atoms with Crippen molar-refractivity contribution in [2.75, 3.05) is 13.1 Å². The standard InChI is InChI=1S/C24H25FN6O2/c25-19-5-1-2-6-20(19)33-17-9-7-15(8-10-17)18-13-31(16-4-3-11-30(12-16)14-26)22-21(18)23(27)28-29-24(22)32/h1-2,5-10,13,16,21-23,28H,3-4,11-12,27H2,(H,29,32). The van der Waals surface area contributed by atoms with E-state index in [0.717, 1.165) is 30.5 Å². The number of halogens is 1. The Morgan fingerprint density at radius 1 is 1.18 bits per heavy atom. The summed E-state index contributed by atoms with van der Waals surface area (Å²) in [7, 11) is 0. The highest BCUT2D eigenvalue weighted by Gasteiger charge is 2.48. The number of nitrogens with zero attached hydrogens (tertiary/aromatic N) is 3. The number of piperidine rings is 1. The number of hydrogen-bond acceptors (Lipinski definition) is 7. The summed E-state index contributed by atoms with van der Waals surface area (Å²) in [6.45, 7) is 1.32. The Bertz CT molecular complexity index is 1110. The Kier molecular flexibility index (Phi) is 5.62. The van der Waals surface area contributed by atoms with Crippen molar-refractivity contribution in [2.24, 2.45) is 11.7 Å². The maximum Gasteiger partial charge on any atom is 0.257 e. The third-order valence-corrected chi connectivity index (χ3v) is 6.54. The Balaban J connectivity index is 1.43. The number of rotatable bonds is 4. The SMILES string of the molecule is N#CN1CCCC(N2C=C(c3ccc(Oc4ccccc4F)cc3)C3C(N)NNC(=O)C32)C1. The summed E-state index contributed by atoms with van der Waals surface area (Å²) in [6.07, 6.45) is 5.57. The Hall–Kier alpha value is -3.61. The maximum atomic E-state index is 13.9. The lowest BCUT2D eigenvalue weighted by Gasteiger charge is -2.42. The summed E-state index contributed by atoms with van der Waals surface area (Å²) < 4.78 is 19.6. The first-order chi connectivity index (χ1) is 16.0. The minimum absolute atomic E-state index is 0.0445. The molecule has 2 fully saturated rings. The second-order valence-corrected chi connectivity index (χ2v) is 8.56. The molecule has 0 bridgehead atoms. The quantitative estimate of drug-likeness (QED) is 0.615. The van der Waals surface area contributed by atoms with Crippen LogP contribution in [0.1, 0.15) is 18.4 Å². The third-order valence-electron chi connectivity index (χ3n) is 6.54. The first kappa shape index (κ1) is 21.2. The van der Waals surface area contributed by atoms with Crippen molar-refractivity contribution in [3.8, 4) is 17.7 Å². The molecule has 3 aliphatic rings. The van der Waals surface area contributed by atoms with E-state index in [1.165, 1.54) is 6.07 Å². The highest BCUT2D eigenvalue weighted by atomic mass is 19.1. The molecule has 3 heterocycles. The predicted molar refractivity (Wildman–Crippen MR) is 119 cm³/mol. The van der Waals surface area contributed by atoms with Crippen molar-refractivity contribution < 1.29 is 13.9 Å². The fourth-order valence-corrected chi connectivity index (χ4v) is 4.95. The molecule has 1 amide bonds. The number of fused-ring (bicyclic) bond motifs is 1. The molecule has 4 N–H and O–H groups in total. The second kappa shape index (κ2) is 8.73. The fourth-order valence-electron chi connectivity index (χ4n) is 4.95. The number of carbonyl (C=O) groups excluding carboxylic acids is 1. The lowest BCUT2D eigenvalue weighted by atomic mass is 9.86. The number of ether oxygens (including phenoxy) is 1. The normalized spacial score (nSPS) is 26.8. The van der Waals surface area contributed by atoms with Crippen molar-refractivity contribution in [1.82, 2.24) is 20.7 Å². The minimum Gasteiger partial charge on any atom is -0.454 e. The van der Waals surface area contributed by atoms with Crippen LogP contribution in [0.5, 0.6) is 11.5 Å². The first-order valence-electron chi connectivity index (χ1n) is 11.0. The zero-order valence-corrected chi connectivity index (χ0v) is 17.9. The predicted octanol–water partition coefficient (Wildman–Crippen LogP) is 2.12. The molecule has 4 atom stereocenters. The number of para-hydroxylation sites is 1. The Labute approximate surface area is 191 Å². The van der Waals surface area contributed by atoms with Crippen LogP contribution >= 0.6 is 0 Å². The molecule has 0 saturated carbocycles. The average molecular weight is 449 g/mol. The fraction of sp³-hybridized carbons (Fsp3) is 0.333. The molecule has 9 heteroatoms. The molecule has 0 aromatic heterocycles. The molecular weight excluding hydrogens is 423 g/mol. The summed E-state index contributed by atoms with van der Waals surface area (Å²) in [5, 5.41) is 9.35. The van der Waals surface area contributed by atoms with Gasteiger partial charge in [0.15, 0.2) is 17.8 Å². The highest BCUT2D eigenvalue weighted by molar-refractivity contribution is 5.89. The van der Waals surface area contributed by atoms with Crippen LogP contribution in [0.2, 0.25) is 0 Å². The van der Waals surface area contributed by atoms with Crippen LogP contribution in [-0.2, 0) is 4.79 Å².